The lowest BCUT2D eigenvalue weighted by atomic mass is 9.74. The van der Waals surface area contributed by atoms with Crippen LogP contribution in [0.15, 0.2) is 144 Å². The van der Waals surface area contributed by atoms with Crippen LogP contribution < -0.4 is 0 Å². The van der Waals surface area contributed by atoms with Gasteiger partial charge < -0.3 is 9.47 Å². The Morgan fingerprint density at radius 3 is 2.26 bits per heavy atom. The van der Waals surface area contributed by atoms with Gasteiger partial charge in [-0.1, -0.05) is 103 Å². The number of ether oxygens (including phenoxy) is 2. The number of carbonyl (C=O) groups is 2. The molecule has 4 nitrogen and oxygen atoms in total. The number of Topliss-reactive ketones (excluding diaryl/α,β-unsaturated/α-hetero) is 1. The van der Waals surface area contributed by atoms with Gasteiger partial charge in [0.1, 0.15) is 5.76 Å². The molecular weight excluding hydrogens is 520 g/mol. The Morgan fingerprint density at radius 2 is 1.57 bits per heavy atom. The first-order valence-electron chi connectivity index (χ1n) is 14.6. The maximum absolute atomic E-state index is 14.1. The lowest BCUT2D eigenvalue weighted by Crippen LogP contribution is -2.30. The Kier molecular flexibility index (Phi) is 7.87. The molecule has 6 rings (SSSR count). The fourth-order valence-corrected chi connectivity index (χ4v) is 6.30. The van der Waals surface area contributed by atoms with E-state index in [2.05, 4.69) is 48.6 Å². The number of allylic oxidation sites excluding steroid dienone is 9. The van der Waals surface area contributed by atoms with Gasteiger partial charge in [-0.2, -0.15) is 0 Å². The summed E-state index contributed by atoms with van der Waals surface area (Å²) in [5, 5.41) is 0. The molecule has 1 aliphatic heterocycles. The van der Waals surface area contributed by atoms with Crippen LogP contribution in [0.1, 0.15) is 42.9 Å². The highest BCUT2D eigenvalue weighted by Crippen LogP contribution is 2.46. The second kappa shape index (κ2) is 12.0. The fourth-order valence-electron chi connectivity index (χ4n) is 6.30. The summed E-state index contributed by atoms with van der Waals surface area (Å²) in [7, 11) is 0. The Balaban J connectivity index is 1.35. The van der Waals surface area contributed by atoms with Crippen LogP contribution in [0.2, 0.25) is 0 Å². The summed E-state index contributed by atoms with van der Waals surface area (Å²) in [4.78, 5) is 27.3. The van der Waals surface area contributed by atoms with Gasteiger partial charge in [0.05, 0.1) is 12.5 Å². The maximum atomic E-state index is 14.1. The Hall–Kier alpha value is -4.70. The van der Waals surface area contributed by atoms with Gasteiger partial charge in [-0.05, 0) is 72.3 Å². The van der Waals surface area contributed by atoms with Crippen molar-refractivity contribution in [3.63, 3.8) is 0 Å². The minimum Gasteiger partial charge on any atom is -0.463 e. The first kappa shape index (κ1) is 27.5. The molecule has 2 aliphatic carbocycles. The van der Waals surface area contributed by atoms with Crippen molar-refractivity contribution in [2.75, 3.05) is 6.61 Å². The normalized spacial score (nSPS) is 22.3. The maximum Gasteiger partial charge on any atom is 0.334 e. The molecule has 1 fully saturated rings. The second-order valence-electron chi connectivity index (χ2n) is 11.0. The molecule has 0 N–H and O–H groups in total. The smallest absolute Gasteiger partial charge is 0.334 e. The van der Waals surface area contributed by atoms with Crippen molar-refractivity contribution >= 4 is 17.3 Å². The van der Waals surface area contributed by atoms with Gasteiger partial charge in [0.2, 0.25) is 5.78 Å². The highest BCUT2D eigenvalue weighted by atomic mass is 16.5. The third-order valence-electron chi connectivity index (χ3n) is 8.27. The number of hydrogen-bond acceptors (Lipinski definition) is 4. The van der Waals surface area contributed by atoms with Gasteiger partial charge >= 0.3 is 5.97 Å². The summed E-state index contributed by atoms with van der Waals surface area (Å²) in [5.74, 6) is -0.323. The van der Waals surface area contributed by atoms with Crippen molar-refractivity contribution in [2.45, 2.75) is 32.6 Å². The minimum absolute atomic E-state index is 0.0872. The number of esters is 1. The van der Waals surface area contributed by atoms with Crippen LogP contribution in [0.5, 0.6) is 0 Å². The number of benzene rings is 3. The van der Waals surface area contributed by atoms with E-state index in [1.165, 1.54) is 5.56 Å². The first-order valence-corrected chi connectivity index (χ1v) is 14.6. The quantitative estimate of drug-likeness (QED) is 0.210. The van der Waals surface area contributed by atoms with Crippen LogP contribution in [0.4, 0.5) is 0 Å². The molecule has 4 heteroatoms. The lowest BCUT2D eigenvalue weighted by Gasteiger charge is -2.28. The molecule has 1 heterocycles. The molecule has 3 unspecified atom stereocenters. The molecule has 0 amide bonds. The average molecular weight is 555 g/mol. The van der Waals surface area contributed by atoms with E-state index in [-0.39, 0.29) is 30.2 Å². The van der Waals surface area contributed by atoms with Crippen molar-refractivity contribution in [3.8, 4) is 0 Å². The predicted octanol–water partition coefficient (Wildman–Crippen LogP) is 7.92. The van der Waals surface area contributed by atoms with Crippen LogP contribution >= 0.6 is 0 Å². The summed E-state index contributed by atoms with van der Waals surface area (Å²) in [6.45, 7) is 3.99. The van der Waals surface area contributed by atoms with E-state index in [9.17, 15) is 9.59 Å². The molecule has 0 radical (unpaired) electrons. The molecule has 210 valence electrons. The topological polar surface area (TPSA) is 52.6 Å². The van der Waals surface area contributed by atoms with E-state index in [1.807, 2.05) is 73.7 Å². The molecule has 3 aromatic carbocycles. The summed E-state index contributed by atoms with van der Waals surface area (Å²) in [5.41, 5.74) is 6.83. The molecule has 42 heavy (non-hydrogen) atoms. The molecule has 0 spiro atoms. The standard InChI is InChI=1S/C38H34O4/c1-3-41-38(40)35-25(2)21-33-36(31(35)20-19-26-13-7-4-8-14-26)37(39)34(42-33)24-30-22-29(27-15-9-5-10-16-27)23-32(30)28-17-11-6-12-18-28/h4-18,21-24,29,31,36H,3,19-20H2,1-2H3/b34-24-. The molecule has 0 saturated carbocycles. The average Bonchev–Trinajstić information content (AvgIpc) is 3.58. The molecule has 3 aromatic rings. The molecule has 3 aliphatic rings. The summed E-state index contributed by atoms with van der Waals surface area (Å²) >= 11 is 0. The zero-order valence-electron chi connectivity index (χ0n) is 24.0. The highest BCUT2D eigenvalue weighted by molar-refractivity contribution is 6.04. The van der Waals surface area contributed by atoms with Crippen molar-refractivity contribution in [1.82, 2.24) is 0 Å². The van der Waals surface area contributed by atoms with E-state index in [0.29, 0.717) is 23.5 Å². The SMILES string of the molecule is CCOC(=O)C1=C(C)C=C2O/C(=C\C3=CC(c4ccccc4)C=C3c3ccccc3)C(=O)C2C1CCc1ccccc1. The van der Waals surface area contributed by atoms with E-state index in [4.69, 9.17) is 9.47 Å². The summed E-state index contributed by atoms with van der Waals surface area (Å²) < 4.78 is 11.8. The molecular formula is C38H34O4. The number of fused-ring (bicyclic) bond motifs is 1. The van der Waals surface area contributed by atoms with Gasteiger partial charge in [-0.3, -0.25) is 4.79 Å². The Bertz CT molecular complexity index is 1640. The third kappa shape index (κ3) is 5.45. The second-order valence-corrected chi connectivity index (χ2v) is 11.0. The van der Waals surface area contributed by atoms with Gasteiger partial charge in [0, 0.05) is 17.4 Å². The summed E-state index contributed by atoms with van der Waals surface area (Å²) in [6, 6.07) is 30.7. The van der Waals surface area contributed by atoms with Crippen LogP contribution in [0, 0.1) is 11.8 Å². The van der Waals surface area contributed by atoms with Crippen LogP contribution in [-0.2, 0) is 25.5 Å². The fraction of sp³-hybridized carbons (Fsp3) is 0.211. The minimum atomic E-state index is -0.556. The van der Waals surface area contributed by atoms with Gasteiger partial charge in [0.25, 0.3) is 0 Å². The van der Waals surface area contributed by atoms with Gasteiger partial charge in [-0.15, -0.1) is 0 Å². The van der Waals surface area contributed by atoms with Gasteiger partial charge in [-0.25, -0.2) is 4.79 Å². The molecule has 0 aromatic heterocycles. The Labute approximate surface area is 247 Å². The number of aryl methyl sites for hydroxylation is 1. The number of ketones is 1. The first-order chi connectivity index (χ1) is 20.5. The predicted molar refractivity (Wildman–Crippen MR) is 165 cm³/mol. The van der Waals surface area contributed by atoms with Crippen LogP contribution in [0.25, 0.3) is 5.57 Å². The number of carbonyl (C=O) groups excluding carboxylic acids is 2. The molecule has 0 bridgehead atoms. The third-order valence-corrected chi connectivity index (χ3v) is 8.27. The monoisotopic (exact) mass is 554 g/mol. The van der Waals surface area contributed by atoms with Crippen molar-refractivity contribution in [2.24, 2.45) is 11.8 Å². The Morgan fingerprint density at radius 1 is 0.905 bits per heavy atom. The number of rotatable bonds is 8. The van der Waals surface area contributed by atoms with Crippen molar-refractivity contribution in [3.05, 3.63) is 160 Å². The van der Waals surface area contributed by atoms with Crippen molar-refractivity contribution in [1.29, 1.82) is 0 Å². The van der Waals surface area contributed by atoms with E-state index >= 15 is 0 Å². The van der Waals surface area contributed by atoms with Crippen LogP contribution in [0.3, 0.4) is 0 Å². The van der Waals surface area contributed by atoms with E-state index in [1.54, 1.807) is 6.92 Å². The zero-order chi connectivity index (χ0) is 29.1. The molecule has 1 saturated heterocycles. The zero-order valence-corrected chi connectivity index (χ0v) is 24.0. The van der Waals surface area contributed by atoms with Gasteiger partial charge in [0.15, 0.2) is 5.76 Å². The summed E-state index contributed by atoms with van der Waals surface area (Å²) in [6.07, 6.45) is 9.54. The van der Waals surface area contributed by atoms with E-state index in [0.717, 1.165) is 34.3 Å². The molecule has 3 atom stereocenters. The highest BCUT2D eigenvalue weighted by Gasteiger charge is 2.47. The van der Waals surface area contributed by atoms with Crippen molar-refractivity contribution < 1.29 is 19.1 Å². The number of hydrogen-bond donors (Lipinski definition) is 0. The largest absolute Gasteiger partial charge is 0.463 e. The van der Waals surface area contributed by atoms with Crippen LogP contribution in [-0.4, -0.2) is 18.4 Å². The van der Waals surface area contributed by atoms with E-state index < -0.39 is 5.92 Å². The lowest BCUT2D eigenvalue weighted by molar-refractivity contribution is -0.139.